The van der Waals surface area contributed by atoms with Gasteiger partial charge in [0.25, 0.3) is 17.7 Å². The van der Waals surface area contributed by atoms with Gasteiger partial charge in [-0.2, -0.15) is 13.2 Å². The lowest BCUT2D eigenvalue weighted by Gasteiger charge is -2.20. The quantitative estimate of drug-likeness (QED) is 0.283. The van der Waals surface area contributed by atoms with Gasteiger partial charge in [0.2, 0.25) is 11.7 Å². The van der Waals surface area contributed by atoms with Crippen LogP contribution in [-0.2, 0) is 20.6 Å². The molecule has 0 saturated carbocycles. The predicted octanol–water partition coefficient (Wildman–Crippen LogP) is 2.47. The van der Waals surface area contributed by atoms with Crippen molar-refractivity contribution in [2.45, 2.75) is 38.0 Å². The number of alkyl halides is 3. The molecule has 1 aliphatic heterocycles. The number of hydrogen-bond acceptors (Lipinski definition) is 6. The molecule has 10 nitrogen and oxygen atoms in total. The molecule has 0 spiro atoms. The molecule has 0 radical (unpaired) electrons. The van der Waals surface area contributed by atoms with Crippen LogP contribution in [0.1, 0.15) is 46.2 Å². The van der Waals surface area contributed by atoms with E-state index in [1.807, 2.05) is 5.32 Å². The number of ketones is 1. The number of Topliss-reactive ketones (excluding diaryl/α,β-unsaturated/α-hetero) is 1. The van der Waals surface area contributed by atoms with Crippen LogP contribution >= 0.6 is 11.6 Å². The Kier molecular flexibility index (Phi) is 8.89. The summed E-state index contributed by atoms with van der Waals surface area (Å²) in [5.41, 5.74) is -3.24. The smallest absolute Gasteiger partial charge is 0.353 e. The average molecular weight is 572 g/mol. The van der Waals surface area contributed by atoms with Crippen molar-refractivity contribution in [1.29, 1.82) is 0 Å². The van der Waals surface area contributed by atoms with E-state index in [1.165, 1.54) is 7.05 Å². The zero-order valence-corrected chi connectivity index (χ0v) is 21.2. The Morgan fingerprint density at radius 3 is 2.46 bits per heavy atom. The first-order valence-corrected chi connectivity index (χ1v) is 11.8. The number of aromatic nitrogens is 1. The molecular weight excluding hydrogens is 550 g/mol. The van der Waals surface area contributed by atoms with Crippen molar-refractivity contribution in [3.05, 3.63) is 58.1 Å². The zero-order valence-electron chi connectivity index (χ0n) is 20.4. The summed E-state index contributed by atoms with van der Waals surface area (Å²) >= 11 is 5.89. The van der Waals surface area contributed by atoms with E-state index in [9.17, 15) is 41.5 Å². The van der Waals surface area contributed by atoms with E-state index >= 15 is 0 Å². The maximum Gasteiger partial charge on any atom is 0.433 e. The van der Waals surface area contributed by atoms with E-state index in [2.05, 4.69) is 20.9 Å². The highest BCUT2D eigenvalue weighted by Gasteiger charge is 2.37. The molecule has 4 N–H and O–H groups in total. The highest BCUT2D eigenvalue weighted by Crippen LogP contribution is 2.29. The Hall–Kier alpha value is -4.07. The fourth-order valence-corrected chi connectivity index (χ4v) is 4.19. The molecule has 3 atom stereocenters. The van der Waals surface area contributed by atoms with E-state index in [0.717, 1.165) is 24.4 Å². The maximum atomic E-state index is 14.9. The number of benzene rings is 1. The molecule has 2 heterocycles. The van der Waals surface area contributed by atoms with Crippen molar-refractivity contribution in [2.24, 2.45) is 5.92 Å². The Balaban J connectivity index is 1.92. The summed E-state index contributed by atoms with van der Waals surface area (Å²) in [6.07, 6.45) is -4.05. The Labute approximate surface area is 223 Å². The van der Waals surface area contributed by atoms with Gasteiger partial charge in [0.05, 0.1) is 17.3 Å². The number of anilines is 1. The third-order valence-electron chi connectivity index (χ3n) is 5.84. The van der Waals surface area contributed by atoms with Crippen LogP contribution in [-0.4, -0.2) is 53.5 Å². The summed E-state index contributed by atoms with van der Waals surface area (Å²) in [6, 6.07) is 1.37. The summed E-state index contributed by atoms with van der Waals surface area (Å²) in [5, 5.41) is 8.84. The number of pyridine rings is 1. The Morgan fingerprint density at radius 2 is 1.87 bits per heavy atom. The second-order valence-electron chi connectivity index (χ2n) is 8.74. The van der Waals surface area contributed by atoms with Crippen LogP contribution in [0.5, 0.6) is 0 Å². The molecule has 1 saturated heterocycles. The molecule has 15 heteroatoms. The predicted molar refractivity (Wildman–Crippen MR) is 129 cm³/mol. The van der Waals surface area contributed by atoms with Gasteiger partial charge in [-0.3, -0.25) is 29.0 Å². The largest absolute Gasteiger partial charge is 0.433 e. The van der Waals surface area contributed by atoms with E-state index < -0.39 is 70.0 Å². The van der Waals surface area contributed by atoms with Gasteiger partial charge in [-0.1, -0.05) is 11.6 Å². The van der Waals surface area contributed by atoms with Gasteiger partial charge in [-0.25, -0.2) is 4.39 Å². The van der Waals surface area contributed by atoms with Crippen molar-refractivity contribution in [3.8, 4) is 0 Å². The molecule has 39 heavy (non-hydrogen) atoms. The molecule has 0 unspecified atom stereocenters. The van der Waals surface area contributed by atoms with Gasteiger partial charge in [-0.15, -0.1) is 0 Å². The second kappa shape index (κ2) is 11.8. The third-order valence-corrected chi connectivity index (χ3v) is 6.06. The van der Waals surface area contributed by atoms with E-state index in [-0.39, 0.29) is 23.4 Å². The lowest BCUT2D eigenvalue weighted by atomic mass is 9.93. The number of carbonyl (C=O) groups excluding carboxylic acids is 5. The van der Waals surface area contributed by atoms with Gasteiger partial charge in [-0.05, 0) is 44.0 Å². The summed E-state index contributed by atoms with van der Waals surface area (Å²) in [4.78, 5) is 65.9. The van der Waals surface area contributed by atoms with Gasteiger partial charge in [0, 0.05) is 35.8 Å². The number of likely N-dealkylation sites (N-methyl/N-ethyl adjacent to an activating group) is 1. The van der Waals surface area contributed by atoms with Gasteiger partial charge < -0.3 is 21.3 Å². The van der Waals surface area contributed by atoms with Crippen LogP contribution in [0.15, 0.2) is 30.5 Å². The fraction of sp³-hybridized carbons (Fsp3) is 0.333. The molecule has 3 rings (SSSR count). The summed E-state index contributed by atoms with van der Waals surface area (Å²) in [6.45, 7) is 1.73. The first-order chi connectivity index (χ1) is 18.2. The van der Waals surface area contributed by atoms with Crippen LogP contribution in [0, 0.1) is 11.7 Å². The highest BCUT2D eigenvalue weighted by molar-refractivity contribution is 6.38. The lowest BCUT2D eigenvalue weighted by Crippen LogP contribution is -2.48. The van der Waals surface area contributed by atoms with Crippen LogP contribution in [0.3, 0.4) is 0 Å². The molecule has 1 aliphatic rings. The van der Waals surface area contributed by atoms with Gasteiger partial charge in [0.15, 0.2) is 0 Å². The van der Waals surface area contributed by atoms with Crippen molar-refractivity contribution < 1.29 is 41.5 Å². The SMILES string of the molecule is CNC(=O)C(=O)[C@H](C[C@@H]1C[C@@H](C)NC1=O)NC(=O)c1cc(Cl)cc(F)c1NC(=O)c1ccnc(C(F)(F)F)c1. The fourth-order valence-electron chi connectivity index (χ4n) is 3.98. The molecule has 1 aromatic heterocycles. The van der Waals surface area contributed by atoms with Crippen LogP contribution in [0.2, 0.25) is 5.02 Å². The van der Waals surface area contributed by atoms with Crippen LogP contribution in [0.25, 0.3) is 0 Å². The second-order valence-corrected chi connectivity index (χ2v) is 9.18. The lowest BCUT2D eigenvalue weighted by molar-refractivity contribution is -0.141. The van der Waals surface area contributed by atoms with Crippen molar-refractivity contribution in [1.82, 2.24) is 20.9 Å². The molecule has 0 aliphatic carbocycles. The number of nitrogens with zero attached hydrogens (tertiary/aromatic N) is 1. The summed E-state index contributed by atoms with van der Waals surface area (Å²) < 4.78 is 53.8. The highest BCUT2D eigenvalue weighted by atomic mass is 35.5. The van der Waals surface area contributed by atoms with Gasteiger partial charge in [0.1, 0.15) is 11.5 Å². The minimum absolute atomic E-state index is 0.205. The topological polar surface area (TPSA) is 146 Å². The molecule has 0 bridgehead atoms. The molecule has 4 amide bonds. The minimum atomic E-state index is -4.85. The van der Waals surface area contributed by atoms with Crippen molar-refractivity contribution in [2.75, 3.05) is 12.4 Å². The standard InChI is InChI=1S/C24H22ClF4N5O5/c1-10-5-12(21(37)32-10)6-16(19(35)23(39)30-2)33-22(38)14-8-13(25)9-15(26)18(14)34-20(36)11-3-4-31-17(7-11)24(27,28)29/h3-4,7-10,12,16H,5-6H2,1-2H3,(H,30,39)(H,32,37)(H,33,38)(H,34,36)/t10-,12+,16+/m1/s1. The Morgan fingerprint density at radius 1 is 1.18 bits per heavy atom. The normalized spacial score (nSPS) is 17.7. The number of carbonyl (C=O) groups is 5. The van der Waals surface area contributed by atoms with E-state index in [0.29, 0.717) is 12.5 Å². The number of nitrogens with one attached hydrogen (secondary N) is 4. The average Bonchev–Trinajstić information content (AvgIpc) is 3.19. The molecular formula is C24H22ClF4N5O5. The first kappa shape index (κ1) is 29.5. The van der Waals surface area contributed by atoms with Crippen LogP contribution in [0.4, 0.5) is 23.2 Å². The molecule has 1 aromatic carbocycles. The van der Waals surface area contributed by atoms with E-state index in [4.69, 9.17) is 11.6 Å². The third kappa shape index (κ3) is 7.07. The molecule has 208 valence electrons. The number of rotatable bonds is 8. The summed E-state index contributed by atoms with van der Waals surface area (Å²) in [5.74, 6) is -6.80. The Bertz CT molecular complexity index is 1340. The molecule has 1 fully saturated rings. The summed E-state index contributed by atoms with van der Waals surface area (Å²) in [7, 11) is 1.19. The van der Waals surface area contributed by atoms with Crippen molar-refractivity contribution in [3.63, 3.8) is 0 Å². The zero-order chi connectivity index (χ0) is 29.1. The maximum absolute atomic E-state index is 14.9. The number of hydrogen-bond donors (Lipinski definition) is 4. The number of amides is 4. The van der Waals surface area contributed by atoms with E-state index in [1.54, 1.807) is 6.92 Å². The molecule has 2 aromatic rings. The minimum Gasteiger partial charge on any atom is -0.353 e. The van der Waals surface area contributed by atoms with Crippen molar-refractivity contribution >= 4 is 46.7 Å². The monoisotopic (exact) mass is 571 g/mol. The first-order valence-electron chi connectivity index (χ1n) is 11.4. The van der Waals surface area contributed by atoms with Crippen LogP contribution < -0.4 is 21.3 Å². The van der Waals surface area contributed by atoms with Gasteiger partial charge >= 0.3 is 6.18 Å². The number of halogens is 5.